The van der Waals surface area contributed by atoms with Crippen LogP contribution in [0.1, 0.15) is 33.1 Å². The van der Waals surface area contributed by atoms with Crippen molar-refractivity contribution in [3.63, 3.8) is 0 Å². The second-order valence-electron chi connectivity index (χ2n) is 5.52. The van der Waals surface area contributed by atoms with Crippen molar-refractivity contribution in [2.45, 2.75) is 44.8 Å². The number of rotatable bonds is 5. The van der Waals surface area contributed by atoms with Gasteiger partial charge in [0.1, 0.15) is 0 Å². The predicted octanol–water partition coefficient (Wildman–Crippen LogP) is 1.09. The number of carbonyl (C=O) groups is 2. The molecule has 0 aromatic carbocycles. The fourth-order valence-corrected chi connectivity index (χ4v) is 2.24. The topological polar surface area (TPSA) is 58.6 Å². The van der Waals surface area contributed by atoms with Crippen LogP contribution in [0.4, 0.5) is 0 Å². The first-order valence-corrected chi connectivity index (χ1v) is 6.67. The van der Waals surface area contributed by atoms with Gasteiger partial charge in [-0.25, -0.2) is 0 Å². The Morgan fingerprint density at radius 1 is 1.47 bits per heavy atom. The monoisotopic (exact) mass is 268 g/mol. The third kappa shape index (κ3) is 4.67. The molecule has 1 unspecified atom stereocenters. The van der Waals surface area contributed by atoms with Gasteiger partial charge in [-0.1, -0.05) is 6.58 Å². The van der Waals surface area contributed by atoms with Gasteiger partial charge in [0.15, 0.2) is 0 Å². The molecule has 1 rings (SSSR count). The molecule has 0 aromatic heterocycles. The maximum Gasteiger partial charge on any atom is 0.246 e. The third-order valence-electron chi connectivity index (χ3n) is 3.38. The fraction of sp³-hybridized carbons (Fsp3) is 0.714. The van der Waals surface area contributed by atoms with E-state index in [1.54, 1.807) is 7.05 Å². The quantitative estimate of drug-likeness (QED) is 0.759. The van der Waals surface area contributed by atoms with Gasteiger partial charge in [-0.15, -0.1) is 0 Å². The molecular weight excluding hydrogens is 244 g/mol. The Balaban J connectivity index is 2.49. The Bertz CT molecular complexity index is 347. The van der Waals surface area contributed by atoms with Crippen molar-refractivity contribution in [2.24, 2.45) is 0 Å². The minimum atomic E-state index is -0.421. The van der Waals surface area contributed by atoms with Crippen LogP contribution in [0.25, 0.3) is 0 Å². The van der Waals surface area contributed by atoms with Crippen LogP contribution in [-0.2, 0) is 14.3 Å². The molecule has 1 N–H and O–H groups in total. The normalized spacial score (nSPS) is 19.6. The van der Waals surface area contributed by atoms with Crippen molar-refractivity contribution >= 4 is 11.8 Å². The molecule has 5 heteroatoms. The molecule has 1 atom stereocenters. The molecule has 1 fully saturated rings. The summed E-state index contributed by atoms with van der Waals surface area (Å²) in [5.74, 6) is -0.446. The van der Waals surface area contributed by atoms with Crippen LogP contribution < -0.4 is 5.32 Å². The molecular formula is C14H24N2O3. The number of amides is 2. The van der Waals surface area contributed by atoms with Crippen molar-refractivity contribution in [3.05, 3.63) is 12.7 Å². The summed E-state index contributed by atoms with van der Waals surface area (Å²) in [6.07, 6.45) is 4.39. The highest BCUT2D eigenvalue weighted by Gasteiger charge is 2.33. The van der Waals surface area contributed by atoms with Gasteiger partial charge < -0.3 is 15.0 Å². The van der Waals surface area contributed by atoms with Crippen molar-refractivity contribution in [2.75, 3.05) is 20.2 Å². The van der Waals surface area contributed by atoms with E-state index in [0.29, 0.717) is 0 Å². The van der Waals surface area contributed by atoms with Crippen LogP contribution in [0.5, 0.6) is 0 Å². The highest BCUT2D eigenvalue weighted by atomic mass is 16.5. The van der Waals surface area contributed by atoms with E-state index in [-0.39, 0.29) is 24.5 Å². The number of hydrogen-bond acceptors (Lipinski definition) is 3. The van der Waals surface area contributed by atoms with Crippen molar-refractivity contribution in [1.82, 2.24) is 10.2 Å². The molecule has 19 heavy (non-hydrogen) atoms. The van der Waals surface area contributed by atoms with Crippen LogP contribution in [0.2, 0.25) is 0 Å². The van der Waals surface area contributed by atoms with Gasteiger partial charge in [0.2, 0.25) is 11.8 Å². The molecule has 5 nitrogen and oxygen atoms in total. The molecule has 1 aliphatic heterocycles. The fourth-order valence-electron chi connectivity index (χ4n) is 2.24. The number of likely N-dealkylation sites (N-methyl/N-ethyl adjacent to an activating group) is 1. The van der Waals surface area contributed by atoms with Gasteiger partial charge in [-0.3, -0.25) is 9.59 Å². The van der Waals surface area contributed by atoms with Crippen LogP contribution >= 0.6 is 0 Å². The molecule has 2 amide bonds. The maximum atomic E-state index is 11.9. The van der Waals surface area contributed by atoms with E-state index in [1.165, 1.54) is 11.0 Å². The lowest BCUT2D eigenvalue weighted by atomic mass is 9.91. The Hall–Kier alpha value is -1.36. The van der Waals surface area contributed by atoms with E-state index in [4.69, 9.17) is 4.74 Å². The predicted molar refractivity (Wildman–Crippen MR) is 73.6 cm³/mol. The van der Waals surface area contributed by atoms with Crippen molar-refractivity contribution in [1.29, 1.82) is 0 Å². The lowest BCUT2D eigenvalue weighted by Gasteiger charge is -2.37. The first kappa shape index (κ1) is 15.7. The lowest BCUT2D eigenvalue weighted by Crippen LogP contribution is -2.56. The van der Waals surface area contributed by atoms with E-state index in [0.717, 1.165) is 25.9 Å². The Kier molecular flexibility index (Phi) is 5.54. The SMILES string of the molecule is C=CC(=O)N(C)CC(=O)NC(C)(C)C1CCCCO1. The standard InChI is InChI=1S/C14H24N2O3/c1-5-13(18)16(4)10-12(17)15-14(2,3)11-8-6-7-9-19-11/h5,11H,1,6-10H2,2-4H3,(H,15,17). The summed E-state index contributed by atoms with van der Waals surface area (Å²) in [4.78, 5) is 24.6. The second-order valence-corrected chi connectivity index (χ2v) is 5.52. The average molecular weight is 268 g/mol. The van der Waals surface area contributed by atoms with Gasteiger partial charge in [-0.05, 0) is 39.2 Å². The van der Waals surface area contributed by atoms with Gasteiger partial charge in [0, 0.05) is 13.7 Å². The summed E-state index contributed by atoms with van der Waals surface area (Å²) in [6.45, 7) is 8.08. The lowest BCUT2D eigenvalue weighted by molar-refractivity contribution is -0.133. The van der Waals surface area contributed by atoms with Gasteiger partial charge >= 0.3 is 0 Å². The molecule has 0 aromatic rings. The smallest absolute Gasteiger partial charge is 0.246 e. The summed E-state index contributed by atoms with van der Waals surface area (Å²) in [6, 6.07) is 0. The maximum absolute atomic E-state index is 11.9. The molecule has 1 saturated heterocycles. The Morgan fingerprint density at radius 3 is 2.68 bits per heavy atom. The van der Waals surface area contributed by atoms with E-state index in [1.807, 2.05) is 13.8 Å². The molecule has 0 spiro atoms. The second kappa shape index (κ2) is 6.70. The Labute approximate surface area is 115 Å². The number of nitrogens with one attached hydrogen (secondary N) is 1. The summed E-state index contributed by atoms with van der Waals surface area (Å²) >= 11 is 0. The first-order chi connectivity index (χ1) is 8.86. The molecule has 0 radical (unpaired) electrons. The summed E-state index contributed by atoms with van der Waals surface area (Å²) in [7, 11) is 1.58. The first-order valence-electron chi connectivity index (χ1n) is 6.67. The number of hydrogen-bond donors (Lipinski definition) is 1. The minimum Gasteiger partial charge on any atom is -0.376 e. The molecule has 0 aliphatic carbocycles. The van der Waals surface area contributed by atoms with Crippen LogP contribution in [0.3, 0.4) is 0 Å². The van der Waals surface area contributed by atoms with Crippen molar-refractivity contribution in [3.8, 4) is 0 Å². The van der Waals surface area contributed by atoms with Crippen molar-refractivity contribution < 1.29 is 14.3 Å². The molecule has 0 saturated carbocycles. The zero-order valence-corrected chi connectivity index (χ0v) is 12.1. The highest BCUT2D eigenvalue weighted by molar-refractivity contribution is 5.90. The number of nitrogens with zero attached hydrogens (tertiary/aromatic N) is 1. The average Bonchev–Trinajstić information content (AvgIpc) is 2.38. The van der Waals surface area contributed by atoms with E-state index in [9.17, 15) is 9.59 Å². The zero-order valence-electron chi connectivity index (χ0n) is 12.1. The molecule has 1 heterocycles. The minimum absolute atomic E-state index is 0.0288. The Morgan fingerprint density at radius 2 is 2.16 bits per heavy atom. The highest BCUT2D eigenvalue weighted by Crippen LogP contribution is 2.23. The molecule has 0 bridgehead atoms. The van der Waals surface area contributed by atoms with Crippen LogP contribution in [0, 0.1) is 0 Å². The van der Waals surface area contributed by atoms with E-state index >= 15 is 0 Å². The number of carbonyl (C=O) groups excluding carboxylic acids is 2. The van der Waals surface area contributed by atoms with Crippen LogP contribution in [-0.4, -0.2) is 48.6 Å². The summed E-state index contributed by atoms with van der Waals surface area (Å²) in [5.41, 5.74) is -0.421. The zero-order chi connectivity index (χ0) is 14.5. The van der Waals surface area contributed by atoms with E-state index in [2.05, 4.69) is 11.9 Å². The molecule has 1 aliphatic rings. The summed E-state index contributed by atoms with van der Waals surface area (Å²) in [5, 5.41) is 2.94. The molecule has 108 valence electrons. The largest absolute Gasteiger partial charge is 0.376 e. The van der Waals surface area contributed by atoms with Gasteiger partial charge in [0.05, 0.1) is 18.2 Å². The summed E-state index contributed by atoms with van der Waals surface area (Å²) < 4.78 is 5.71. The van der Waals surface area contributed by atoms with Gasteiger partial charge in [0.25, 0.3) is 0 Å². The third-order valence-corrected chi connectivity index (χ3v) is 3.38. The van der Waals surface area contributed by atoms with Crippen LogP contribution in [0.15, 0.2) is 12.7 Å². The number of ether oxygens (including phenoxy) is 1. The van der Waals surface area contributed by atoms with E-state index < -0.39 is 5.54 Å². The van der Waals surface area contributed by atoms with Gasteiger partial charge in [-0.2, -0.15) is 0 Å².